The minimum Gasteiger partial charge on any atom is -0.504 e. The number of nitrogens with zero attached hydrogens (tertiary/aromatic N) is 3. The van der Waals surface area contributed by atoms with E-state index in [-0.39, 0.29) is 29.0 Å². The van der Waals surface area contributed by atoms with Gasteiger partial charge in [-0.05, 0) is 49.7 Å². The Labute approximate surface area is 227 Å². The van der Waals surface area contributed by atoms with Crippen LogP contribution in [0.3, 0.4) is 0 Å². The minimum absolute atomic E-state index is 0.193. The summed E-state index contributed by atoms with van der Waals surface area (Å²) in [6, 6.07) is 8.96. The number of aliphatic hydroxyl groups is 1. The molecule has 8 rings (SSSR count). The number of phenolic OH excluding ortho intramolecular Hbond substituents is 1. The number of hydrogen-bond donors (Lipinski definition) is 2. The smallest absolute Gasteiger partial charge is 0.170 e. The standard InChI is InChI=1S/C31H34FN3O4/c1-35(15-13-34-11-8-18(9-12-34)28-21-4-3-20(32)17-26(21)39-33-28)14-10-31-22-5-7-25(37)30(31)38-29-24(36)6-2-19(27(29)31)16-23(22)35/h2-7,17-18,22-23,25,30,37H,8-16H2,1H3/p+1/t22-,23+,25-,30-,31-,35?/m0/s1. The molecule has 2 saturated heterocycles. The fourth-order valence-corrected chi connectivity index (χ4v) is 8.80. The van der Waals surface area contributed by atoms with Crippen LogP contribution in [0.5, 0.6) is 11.5 Å². The quantitative estimate of drug-likeness (QED) is 0.392. The first-order chi connectivity index (χ1) is 18.9. The molecule has 2 bridgehead atoms. The highest BCUT2D eigenvalue weighted by atomic mass is 19.1. The molecule has 8 heteroatoms. The van der Waals surface area contributed by atoms with Gasteiger partial charge in [0.05, 0.1) is 31.2 Å². The van der Waals surface area contributed by atoms with Gasteiger partial charge in [0.15, 0.2) is 17.1 Å². The molecule has 39 heavy (non-hydrogen) atoms. The summed E-state index contributed by atoms with van der Waals surface area (Å²) in [5, 5.41) is 26.8. The third kappa shape index (κ3) is 3.28. The van der Waals surface area contributed by atoms with Crippen molar-refractivity contribution >= 4 is 11.0 Å². The topological polar surface area (TPSA) is 79.0 Å². The van der Waals surface area contributed by atoms with Crippen LogP contribution < -0.4 is 4.74 Å². The van der Waals surface area contributed by atoms with E-state index in [0.29, 0.717) is 23.3 Å². The van der Waals surface area contributed by atoms with Crippen LogP contribution in [0, 0.1) is 11.7 Å². The number of aromatic hydroxyl groups is 1. The number of aromatic nitrogens is 1. The minimum atomic E-state index is -0.654. The number of benzene rings is 2. The lowest BCUT2D eigenvalue weighted by Crippen LogP contribution is -2.72. The number of hydrogen-bond acceptors (Lipinski definition) is 6. The van der Waals surface area contributed by atoms with Gasteiger partial charge in [-0.1, -0.05) is 23.4 Å². The van der Waals surface area contributed by atoms with Crippen molar-refractivity contribution in [3.05, 3.63) is 65.1 Å². The number of quaternary nitrogens is 1. The van der Waals surface area contributed by atoms with E-state index in [1.54, 1.807) is 12.1 Å². The van der Waals surface area contributed by atoms with Crippen LogP contribution in [0.25, 0.3) is 11.0 Å². The number of rotatable bonds is 4. The van der Waals surface area contributed by atoms with Gasteiger partial charge in [-0.15, -0.1) is 0 Å². The Balaban J connectivity index is 0.998. The molecule has 0 amide bonds. The average molecular weight is 533 g/mol. The Bertz CT molecular complexity index is 1500. The fourth-order valence-electron chi connectivity index (χ4n) is 8.80. The normalized spacial score (nSPS) is 35.3. The van der Waals surface area contributed by atoms with Gasteiger partial charge < -0.3 is 24.0 Å². The second-order valence-electron chi connectivity index (χ2n) is 12.7. The maximum atomic E-state index is 13.6. The Morgan fingerprint density at radius 3 is 2.87 bits per heavy atom. The first-order valence-corrected chi connectivity index (χ1v) is 14.4. The third-order valence-electron chi connectivity index (χ3n) is 10.9. The summed E-state index contributed by atoms with van der Waals surface area (Å²) in [4.78, 5) is 2.58. The molecule has 2 aliphatic carbocycles. The van der Waals surface area contributed by atoms with E-state index in [9.17, 15) is 14.6 Å². The molecule has 2 aromatic carbocycles. The van der Waals surface area contributed by atoms with Gasteiger partial charge >= 0.3 is 0 Å². The van der Waals surface area contributed by atoms with E-state index in [1.165, 1.54) is 17.7 Å². The van der Waals surface area contributed by atoms with Gasteiger partial charge in [-0.2, -0.15) is 0 Å². The third-order valence-corrected chi connectivity index (χ3v) is 10.9. The highest BCUT2D eigenvalue weighted by Crippen LogP contribution is 2.63. The van der Waals surface area contributed by atoms with E-state index in [1.807, 2.05) is 6.08 Å². The predicted octanol–water partition coefficient (Wildman–Crippen LogP) is 3.87. The molecule has 6 atom stereocenters. The van der Waals surface area contributed by atoms with Crippen molar-refractivity contribution in [2.24, 2.45) is 5.92 Å². The Morgan fingerprint density at radius 1 is 1.18 bits per heavy atom. The van der Waals surface area contributed by atoms with Gasteiger partial charge in [-0.25, -0.2) is 4.39 Å². The molecular formula is C31H35FN3O4+. The predicted molar refractivity (Wildman–Crippen MR) is 143 cm³/mol. The van der Waals surface area contributed by atoms with Gasteiger partial charge in [-0.3, -0.25) is 4.90 Å². The molecule has 3 aliphatic heterocycles. The number of fused-ring (bicyclic) bond motifs is 1. The van der Waals surface area contributed by atoms with Crippen LogP contribution in [0.2, 0.25) is 0 Å². The molecule has 0 saturated carbocycles. The number of likely N-dealkylation sites (tertiary alicyclic amines) is 2. The summed E-state index contributed by atoms with van der Waals surface area (Å²) in [5.74, 6) is 1.13. The number of halogens is 1. The van der Waals surface area contributed by atoms with Crippen LogP contribution in [0.15, 0.2) is 47.0 Å². The Morgan fingerprint density at radius 2 is 2.03 bits per heavy atom. The molecule has 204 valence electrons. The van der Waals surface area contributed by atoms with E-state index >= 15 is 0 Å². The van der Waals surface area contributed by atoms with Crippen molar-refractivity contribution in [3.63, 3.8) is 0 Å². The molecule has 2 fully saturated rings. The largest absolute Gasteiger partial charge is 0.504 e. The lowest BCUT2D eigenvalue weighted by Gasteiger charge is -2.60. The molecule has 1 unspecified atom stereocenters. The van der Waals surface area contributed by atoms with E-state index in [4.69, 9.17) is 9.26 Å². The molecule has 7 nitrogen and oxygen atoms in total. The summed E-state index contributed by atoms with van der Waals surface area (Å²) in [6.45, 7) is 5.20. The molecular weight excluding hydrogens is 497 g/mol. The highest BCUT2D eigenvalue weighted by molar-refractivity contribution is 5.79. The van der Waals surface area contributed by atoms with Crippen molar-refractivity contribution in [1.29, 1.82) is 0 Å². The zero-order chi connectivity index (χ0) is 26.5. The average Bonchev–Trinajstić information content (AvgIpc) is 3.52. The van der Waals surface area contributed by atoms with Crippen molar-refractivity contribution in [1.82, 2.24) is 10.1 Å². The summed E-state index contributed by atoms with van der Waals surface area (Å²) in [7, 11) is 2.42. The Kier molecular flexibility index (Phi) is 5.08. The molecule has 0 radical (unpaired) electrons. The van der Waals surface area contributed by atoms with E-state index in [0.717, 1.165) is 79.5 Å². The van der Waals surface area contributed by atoms with Gasteiger partial charge in [0.25, 0.3) is 0 Å². The molecule has 1 spiro atoms. The summed E-state index contributed by atoms with van der Waals surface area (Å²) in [5.41, 5.74) is 3.69. The van der Waals surface area contributed by atoms with E-state index < -0.39 is 6.10 Å². The number of aliphatic hydroxyl groups excluding tert-OH is 1. The lowest BCUT2D eigenvalue weighted by atomic mass is 9.52. The van der Waals surface area contributed by atoms with Crippen LogP contribution in [0.4, 0.5) is 4.39 Å². The molecule has 5 aliphatic rings. The number of piperidine rings is 2. The highest BCUT2D eigenvalue weighted by Gasteiger charge is 2.67. The zero-order valence-corrected chi connectivity index (χ0v) is 22.2. The van der Waals surface area contributed by atoms with Crippen molar-refractivity contribution < 1.29 is 28.3 Å². The first kappa shape index (κ1) is 23.9. The van der Waals surface area contributed by atoms with Crippen molar-refractivity contribution in [3.8, 4) is 11.5 Å². The van der Waals surface area contributed by atoms with Gasteiger partial charge in [0.1, 0.15) is 24.1 Å². The molecule has 3 aromatic rings. The molecule has 2 N–H and O–H groups in total. The summed E-state index contributed by atoms with van der Waals surface area (Å²) < 4.78 is 26.3. The van der Waals surface area contributed by atoms with Crippen LogP contribution >= 0.6 is 0 Å². The second-order valence-corrected chi connectivity index (χ2v) is 12.7. The Hall–Kier alpha value is -2.94. The summed E-state index contributed by atoms with van der Waals surface area (Å²) >= 11 is 0. The van der Waals surface area contributed by atoms with Gasteiger partial charge in [0.2, 0.25) is 0 Å². The maximum absolute atomic E-state index is 13.6. The molecule has 1 aromatic heterocycles. The monoisotopic (exact) mass is 532 g/mol. The molecule has 4 heterocycles. The van der Waals surface area contributed by atoms with Crippen LogP contribution in [-0.4, -0.2) is 82.8 Å². The summed E-state index contributed by atoms with van der Waals surface area (Å²) in [6.07, 6.45) is 7.16. The first-order valence-electron chi connectivity index (χ1n) is 14.4. The lowest BCUT2D eigenvalue weighted by molar-refractivity contribution is -0.943. The SMILES string of the molecule is C[N+]1(CCN2CCC(c3noc4cc(F)ccc34)CC2)CC[C@]23c4c5ccc(O)c4O[C@H]2[C@@H](O)C=C[C@H]3[C@H]1C5. The number of likely N-dealkylation sites (N-methyl/N-ethyl adjacent to an activating group) is 1. The maximum Gasteiger partial charge on any atom is 0.170 e. The van der Waals surface area contributed by atoms with Crippen molar-refractivity contribution in [2.45, 2.75) is 55.3 Å². The number of ether oxygens (including phenoxy) is 1. The van der Waals surface area contributed by atoms with Crippen LogP contribution in [0.1, 0.15) is 42.0 Å². The van der Waals surface area contributed by atoms with Crippen molar-refractivity contribution in [2.75, 3.05) is 39.8 Å². The second kappa shape index (κ2) is 8.29. The zero-order valence-electron chi connectivity index (χ0n) is 22.2. The number of phenols is 1. The van der Waals surface area contributed by atoms with E-state index in [2.05, 4.69) is 29.2 Å². The van der Waals surface area contributed by atoms with Gasteiger partial charge in [0, 0.05) is 48.2 Å². The fraction of sp³-hybridized carbons (Fsp3) is 0.516. The van der Waals surface area contributed by atoms with Crippen LogP contribution in [-0.2, 0) is 11.8 Å².